The van der Waals surface area contributed by atoms with Gasteiger partial charge in [0.15, 0.2) is 0 Å². The summed E-state index contributed by atoms with van der Waals surface area (Å²) in [5.74, 6) is 1.53. The molecule has 0 saturated heterocycles. The number of para-hydroxylation sites is 1. The van der Waals surface area contributed by atoms with Gasteiger partial charge in [0.25, 0.3) is 0 Å². The maximum absolute atomic E-state index is 5.79. The summed E-state index contributed by atoms with van der Waals surface area (Å²) in [5.41, 5.74) is 1.28. The van der Waals surface area contributed by atoms with E-state index in [1.165, 1.54) is 5.56 Å². The molecule has 0 radical (unpaired) electrons. The van der Waals surface area contributed by atoms with Crippen molar-refractivity contribution in [3.8, 4) is 5.75 Å². The van der Waals surface area contributed by atoms with Crippen molar-refractivity contribution in [3.05, 3.63) is 29.8 Å². The fourth-order valence-corrected chi connectivity index (χ4v) is 1.60. The van der Waals surface area contributed by atoms with Crippen LogP contribution in [0.15, 0.2) is 24.3 Å². The van der Waals surface area contributed by atoms with Crippen LogP contribution in [0.5, 0.6) is 5.75 Å². The van der Waals surface area contributed by atoms with Gasteiger partial charge >= 0.3 is 0 Å². The van der Waals surface area contributed by atoms with Gasteiger partial charge in [-0.1, -0.05) is 45.9 Å². The number of benzene rings is 1. The van der Waals surface area contributed by atoms with Gasteiger partial charge in [-0.25, -0.2) is 0 Å². The summed E-state index contributed by atoms with van der Waals surface area (Å²) in [6.45, 7) is 10.3. The lowest BCUT2D eigenvalue weighted by molar-refractivity contribution is 0.305. The van der Waals surface area contributed by atoms with Gasteiger partial charge in [-0.15, -0.1) is 0 Å². The molecule has 16 heavy (non-hydrogen) atoms. The van der Waals surface area contributed by atoms with Crippen molar-refractivity contribution in [2.45, 2.75) is 39.7 Å². The summed E-state index contributed by atoms with van der Waals surface area (Å²) in [5, 5.41) is 3.34. The highest BCUT2D eigenvalue weighted by molar-refractivity contribution is 5.35. The average molecular weight is 221 g/mol. The monoisotopic (exact) mass is 221 g/mol. The molecule has 0 aliphatic heterocycles. The molecule has 2 heteroatoms. The molecule has 0 aliphatic carbocycles. The fraction of sp³-hybridized carbons (Fsp3) is 0.571. The highest BCUT2D eigenvalue weighted by Crippen LogP contribution is 2.25. The Balaban J connectivity index is 2.47. The minimum atomic E-state index is 0.509. The van der Waals surface area contributed by atoms with Crippen LogP contribution in [-0.2, 0) is 0 Å². The Kier molecular flexibility index (Phi) is 5.33. The summed E-state index contributed by atoms with van der Waals surface area (Å²) in [6, 6.07) is 8.79. The number of ether oxygens (including phenoxy) is 1. The Hall–Kier alpha value is -1.02. The highest BCUT2D eigenvalue weighted by atomic mass is 16.5. The van der Waals surface area contributed by atoms with Gasteiger partial charge in [0, 0.05) is 12.6 Å². The van der Waals surface area contributed by atoms with Crippen molar-refractivity contribution in [1.82, 2.24) is 5.32 Å². The van der Waals surface area contributed by atoms with E-state index >= 15 is 0 Å². The number of hydrogen-bond acceptors (Lipinski definition) is 2. The molecule has 1 N–H and O–H groups in total. The van der Waals surface area contributed by atoms with E-state index in [-0.39, 0.29) is 0 Å². The van der Waals surface area contributed by atoms with Crippen molar-refractivity contribution in [3.63, 3.8) is 0 Å². The summed E-state index contributed by atoms with van der Waals surface area (Å²) >= 11 is 0. The lowest BCUT2D eigenvalue weighted by Crippen LogP contribution is -2.27. The Bertz CT molecular complexity index is 307. The Morgan fingerprint density at radius 3 is 2.44 bits per heavy atom. The summed E-state index contributed by atoms with van der Waals surface area (Å²) < 4.78 is 5.79. The van der Waals surface area contributed by atoms with Crippen molar-refractivity contribution < 1.29 is 4.74 Å². The standard InChI is InChI=1S/C14H23NO/c1-11(2)13-7-5-6-8-14(13)16-10-9-15-12(3)4/h5-8,11-12,15H,9-10H2,1-4H3. The number of nitrogens with one attached hydrogen (secondary N) is 1. The van der Waals surface area contributed by atoms with Gasteiger partial charge in [-0.3, -0.25) is 0 Å². The summed E-state index contributed by atoms with van der Waals surface area (Å²) in [6.07, 6.45) is 0. The SMILES string of the molecule is CC(C)NCCOc1ccccc1C(C)C. The van der Waals surface area contributed by atoms with Crippen molar-refractivity contribution >= 4 is 0 Å². The third-order valence-corrected chi connectivity index (χ3v) is 2.45. The Morgan fingerprint density at radius 2 is 1.81 bits per heavy atom. The summed E-state index contributed by atoms with van der Waals surface area (Å²) in [7, 11) is 0. The topological polar surface area (TPSA) is 21.3 Å². The van der Waals surface area contributed by atoms with E-state index in [1.807, 2.05) is 12.1 Å². The minimum Gasteiger partial charge on any atom is -0.492 e. The van der Waals surface area contributed by atoms with Crippen LogP contribution in [0.4, 0.5) is 0 Å². The second kappa shape index (κ2) is 6.54. The zero-order valence-corrected chi connectivity index (χ0v) is 10.8. The molecule has 0 fully saturated rings. The molecule has 1 aromatic carbocycles. The van der Waals surface area contributed by atoms with E-state index in [0.717, 1.165) is 18.9 Å². The molecule has 90 valence electrons. The van der Waals surface area contributed by atoms with Crippen LogP contribution in [0, 0.1) is 0 Å². The Morgan fingerprint density at radius 1 is 1.12 bits per heavy atom. The van der Waals surface area contributed by atoms with Gasteiger partial charge in [0.2, 0.25) is 0 Å². The van der Waals surface area contributed by atoms with Gasteiger partial charge < -0.3 is 10.1 Å². The molecule has 0 saturated carbocycles. The first-order valence-electron chi connectivity index (χ1n) is 6.06. The molecule has 1 aromatic rings. The van der Waals surface area contributed by atoms with E-state index in [2.05, 4.69) is 45.1 Å². The van der Waals surface area contributed by atoms with Gasteiger partial charge in [0.05, 0.1) is 0 Å². The lowest BCUT2D eigenvalue weighted by atomic mass is 10.0. The molecule has 0 spiro atoms. The first-order valence-corrected chi connectivity index (χ1v) is 6.06. The smallest absolute Gasteiger partial charge is 0.122 e. The van der Waals surface area contributed by atoms with E-state index < -0.39 is 0 Å². The van der Waals surface area contributed by atoms with Crippen molar-refractivity contribution in [2.75, 3.05) is 13.2 Å². The second-order valence-electron chi connectivity index (χ2n) is 4.65. The quantitative estimate of drug-likeness (QED) is 0.745. The zero-order valence-electron chi connectivity index (χ0n) is 10.8. The van der Waals surface area contributed by atoms with Crippen LogP contribution < -0.4 is 10.1 Å². The van der Waals surface area contributed by atoms with Gasteiger partial charge in [-0.2, -0.15) is 0 Å². The Labute approximate surface area is 99.0 Å². The largest absolute Gasteiger partial charge is 0.492 e. The van der Waals surface area contributed by atoms with E-state index in [0.29, 0.717) is 12.0 Å². The molecule has 0 atom stereocenters. The molecular weight excluding hydrogens is 198 g/mol. The van der Waals surface area contributed by atoms with E-state index in [1.54, 1.807) is 0 Å². The number of rotatable bonds is 6. The van der Waals surface area contributed by atoms with Crippen LogP contribution in [0.2, 0.25) is 0 Å². The average Bonchev–Trinajstić information content (AvgIpc) is 2.24. The van der Waals surface area contributed by atoms with E-state index in [4.69, 9.17) is 4.74 Å². The van der Waals surface area contributed by atoms with E-state index in [9.17, 15) is 0 Å². The number of hydrogen-bond donors (Lipinski definition) is 1. The molecule has 0 amide bonds. The van der Waals surface area contributed by atoms with Crippen LogP contribution in [0.3, 0.4) is 0 Å². The van der Waals surface area contributed by atoms with Crippen LogP contribution in [-0.4, -0.2) is 19.2 Å². The fourth-order valence-electron chi connectivity index (χ4n) is 1.60. The molecule has 0 heterocycles. The van der Waals surface area contributed by atoms with Crippen LogP contribution >= 0.6 is 0 Å². The van der Waals surface area contributed by atoms with Gasteiger partial charge in [-0.05, 0) is 17.5 Å². The predicted octanol–water partition coefficient (Wildman–Crippen LogP) is 3.19. The van der Waals surface area contributed by atoms with Crippen LogP contribution in [0.25, 0.3) is 0 Å². The molecule has 2 nitrogen and oxygen atoms in total. The maximum atomic E-state index is 5.79. The molecule has 1 rings (SSSR count). The molecule has 0 unspecified atom stereocenters. The normalized spacial score (nSPS) is 11.1. The van der Waals surface area contributed by atoms with Crippen molar-refractivity contribution in [2.24, 2.45) is 0 Å². The molecule has 0 bridgehead atoms. The first kappa shape index (κ1) is 13.0. The third kappa shape index (κ3) is 4.23. The minimum absolute atomic E-state index is 0.509. The summed E-state index contributed by atoms with van der Waals surface area (Å²) in [4.78, 5) is 0. The van der Waals surface area contributed by atoms with Gasteiger partial charge in [0.1, 0.15) is 12.4 Å². The zero-order chi connectivity index (χ0) is 12.0. The molecule has 0 aromatic heterocycles. The first-order chi connectivity index (χ1) is 7.61. The lowest BCUT2D eigenvalue weighted by Gasteiger charge is -2.14. The highest BCUT2D eigenvalue weighted by Gasteiger charge is 2.06. The second-order valence-corrected chi connectivity index (χ2v) is 4.65. The van der Waals surface area contributed by atoms with Crippen LogP contribution in [0.1, 0.15) is 39.2 Å². The predicted molar refractivity (Wildman–Crippen MR) is 69.2 cm³/mol. The van der Waals surface area contributed by atoms with Crippen molar-refractivity contribution in [1.29, 1.82) is 0 Å². The maximum Gasteiger partial charge on any atom is 0.122 e. The molecule has 0 aliphatic rings. The third-order valence-electron chi connectivity index (χ3n) is 2.45. The molecular formula is C14H23NO.